The Labute approximate surface area is 141 Å². The third kappa shape index (κ3) is 4.07. The van der Waals surface area contributed by atoms with Crippen molar-refractivity contribution in [2.75, 3.05) is 0 Å². The van der Waals surface area contributed by atoms with Crippen LogP contribution in [0.15, 0.2) is 11.8 Å². The van der Waals surface area contributed by atoms with Crippen LogP contribution in [0.1, 0.15) is 59.8 Å². The molecule has 0 N–H and O–H groups in total. The van der Waals surface area contributed by atoms with Crippen LogP contribution in [0.2, 0.25) is 0 Å². The summed E-state index contributed by atoms with van der Waals surface area (Å²) in [7, 11) is -5.60. The Balaban J connectivity index is 2.20. The molecule has 0 aromatic heterocycles. The van der Waals surface area contributed by atoms with Gasteiger partial charge in [-0.3, -0.25) is 0 Å². The topological polar surface area (TPSA) is 52.6 Å². The highest BCUT2D eigenvalue weighted by atomic mass is 32.2. The van der Waals surface area contributed by atoms with Crippen LogP contribution in [0.3, 0.4) is 0 Å². The van der Waals surface area contributed by atoms with Gasteiger partial charge in [-0.2, -0.15) is 21.6 Å². The van der Waals surface area contributed by atoms with Crippen molar-refractivity contribution in [2.24, 2.45) is 11.3 Å². The maximum atomic E-state index is 12.5. The summed E-state index contributed by atoms with van der Waals surface area (Å²) in [4.78, 5) is 0. The Morgan fingerprint density at radius 2 is 1.83 bits per heavy atom. The average Bonchev–Trinajstić information content (AvgIpc) is 2.37. The van der Waals surface area contributed by atoms with Crippen molar-refractivity contribution in [2.45, 2.75) is 77.0 Å². The van der Waals surface area contributed by atoms with Gasteiger partial charge in [-0.15, -0.1) is 0 Å². The number of ether oxygens (including phenoxy) is 1. The molecule has 0 aromatic carbocycles. The predicted octanol–water partition coefficient (Wildman–Crippen LogP) is 4.52. The fourth-order valence-corrected chi connectivity index (χ4v) is 4.13. The molecule has 0 unspecified atom stereocenters. The Morgan fingerprint density at radius 1 is 1.21 bits per heavy atom. The third-order valence-corrected chi connectivity index (χ3v) is 5.86. The van der Waals surface area contributed by atoms with Crippen molar-refractivity contribution in [3.63, 3.8) is 0 Å². The molecule has 2 aliphatic carbocycles. The predicted molar refractivity (Wildman–Crippen MR) is 83.5 cm³/mol. The van der Waals surface area contributed by atoms with Crippen LogP contribution in [0.25, 0.3) is 0 Å². The number of rotatable bonds is 3. The quantitative estimate of drug-likeness (QED) is 0.541. The van der Waals surface area contributed by atoms with E-state index in [-0.39, 0.29) is 35.2 Å². The molecule has 4 nitrogen and oxygen atoms in total. The standard InChI is InChI=1S/C16H25F3O4S/c1-14(2,3)22-13-7-5-6-11-10-12(8-9-15(11,13)4)23-24(20,21)16(17,18)19/h10-11,13H,5-9H2,1-4H3/t11-,13-,15-/m0/s1. The number of allylic oxidation sites excluding steroid dienone is 2. The molecule has 0 spiro atoms. The van der Waals surface area contributed by atoms with Crippen LogP contribution in [0.4, 0.5) is 13.2 Å². The van der Waals surface area contributed by atoms with Crippen molar-refractivity contribution in [3.8, 4) is 0 Å². The third-order valence-electron chi connectivity index (χ3n) is 4.86. The molecule has 1 saturated carbocycles. The summed E-state index contributed by atoms with van der Waals surface area (Å²) in [6.07, 6.45) is 4.83. The number of fused-ring (bicyclic) bond motifs is 1. The first-order valence-corrected chi connectivity index (χ1v) is 9.55. The monoisotopic (exact) mass is 370 g/mol. The zero-order chi connectivity index (χ0) is 18.4. The molecule has 1 fully saturated rings. The van der Waals surface area contributed by atoms with Crippen LogP contribution in [0.5, 0.6) is 0 Å². The average molecular weight is 370 g/mol. The van der Waals surface area contributed by atoms with E-state index in [9.17, 15) is 21.6 Å². The van der Waals surface area contributed by atoms with Crippen molar-refractivity contribution in [3.05, 3.63) is 11.8 Å². The van der Waals surface area contributed by atoms with E-state index in [2.05, 4.69) is 11.1 Å². The fraction of sp³-hybridized carbons (Fsp3) is 0.875. The Bertz CT molecular complexity index is 604. The first kappa shape index (κ1) is 19.6. The Kier molecular flexibility index (Phi) is 5.05. The lowest BCUT2D eigenvalue weighted by atomic mass is 9.61. The van der Waals surface area contributed by atoms with Gasteiger partial charge < -0.3 is 8.92 Å². The van der Waals surface area contributed by atoms with Gasteiger partial charge in [0.15, 0.2) is 0 Å². The number of hydrogen-bond donors (Lipinski definition) is 0. The normalized spacial score (nSPS) is 32.0. The van der Waals surface area contributed by atoms with E-state index in [0.717, 1.165) is 19.3 Å². The van der Waals surface area contributed by atoms with Gasteiger partial charge in [0, 0.05) is 11.8 Å². The summed E-state index contributed by atoms with van der Waals surface area (Å²) in [6.45, 7) is 7.99. The molecular weight excluding hydrogens is 345 g/mol. The molecule has 0 saturated heterocycles. The zero-order valence-electron chi connectivity index (χ0n) is 14.4. The van der Waals surface area contributed by atoms with Gasteiger partial charge in [0.05, 0.1) is 11.7 Å². The van der Waals surface area contributed by atoms with E-state index in [1.54, 1.807) is 6.08 Å². The van der Waals surface area contributed by atoms with E-state index < -0.39 is 15.6 Å². The summed E-state index contributed by atoms with van der Waals surface area (Å²) in [5, 5.41) is 0. The van der Waals surface area contributed by atoms with Crippen molar-refractivity contribution in [1.29, 1.82) is 0 Å². The lowest BCUT2D eigenvalue weighted by Crippen LogP contribution is -2.48. The summed E-state index contributed by atoms with van der Waals surface area (Å²) >= 11 is 0. The van der Waals surface area contributed by atoms with Gasteiger partial charge in [-0.1, -0.05) is 13.3 Å². The maximum Gasteiger partial charge on any atom is 0.534 e. The van der Waals surface area contributed by atoms with Crippen molar-refractivity contribution >= 4 is 10.1 Å². The summed E-state index contributed by atoms with van der Waals surface area (Å²) in [5.41, 5.74) is -5.94. The van der Waals surface area contributed by atoms with Crippen LogP contribution in [0, 0.1) is 11.3 Å². The Hall–Kier alpha value is -0.760. The molecule has 0 radical (unpaired) electrons. The van der Waals surface area contributed by atoms with Gasteiger partial charge in [0.25, 0.3) is 0 Å². The zero-order valence-corrected chi connectivity index (χ0v) is 15.3. The van der Waals surface area contributed by atoms with Crippen LogP contribution in [-0.2, 0) is 19.0 Å². The van der Waals surface area contributed by atoms with Crippen molar-refractivity contribution < 1.29 is 30.5 Å². The van der Waals surface area contributed by atoms with Gasteiger partial charge in [0.2, 0.25) is 0 Å². The molecule has 140 valence electrons. The molecule has 3 atom stereocenters. The Morgan fingerprint density at radius 3 is 2.38 bits per heavy atom. The summed E-state index contributed by atoms with van der Waals surface area (Å²) < 4.78 is 70.4. The van der Waals surface area contributed by atoms with Gasteiger partial charge in [-0.05, 0) is 52.0 Å². The van der Waals surface area contributed by atoms with E-state index in [0.29, 0.717) is 6.42 Å². The molecule has 0 amide bonds. The highest BCUT2D eigenvalue weighted by Gasteiger charge is 2.51. The van der Waals surface area contributed by atoms with Crippen molar-refractivity contribution in [1.82, 2.24) is 0 Å². The molecule has 0 bridgehead atoms. The minimum atomic E-state index is -5.60. The number of halogens is 3. The minimum absolute atomic E-state index is 0.00623. The maximum absolute atomic E-state index is 12.5. The lowest BCUT2D eigenvalue weighted by Gasteiger charge is -2.50. The summed E-state index contributed by atoms with van der Waals surface area (Å²) in [5.74, 6) is -0.156. The first-order chi connectivity index (χ1) is 10.7. The highest BCUT2D eigenvalue weighted by Crippen LogP contribution is 2.51. The van der Waals surface area contributed by atoms with E-state index >= 15 is 0 Å². The molecule has 24 heavy (non-hydrogen) atoms. The van der Waals surface area contributed by atoms with E-state index in [1.165, 1.54) is 0 Å². The fourth-order valence-electron chi connectivity index (χ4n) is 3.62. The summed E-state index contributed by atoms with van der Waals surface area (Å²) in [6, 6.07) is 0. The molecule has 2 rings (SSSR count). The second-order valence-corrected chi connectivity index (χ2v) is 9.42. The largest absolute Gasteiger partial charge is 0.534 e. The van der Waals surface area contributed by atoms with E-state index in [1.807, 2.05) is 20.8 Å². The van der Waals surface area contributed by atoms with Gasteiger partial charge in [0.1, 0.15) is 5.76 Å². The minimum Gasteiger partial charge on any atom is -0.381 e. The van der Waals surface area contributed by atoms with Crippen LogP contribution < -0.4 is 0 Å². The van der Waals surface area contributed by atoms with Crippen LogP contribution in [-0.4, -0.2) is 25.6 Å². The molecular formula is C16H25F3O4S. The molecule has 8 heteroatoms. The van der Waals surface area contributed by atoms with Gasteiger partial charge in [-0.25, -0.2) is 0 Å². The second kappa shape index (κ2) is 6.20. The molecule has 0 aromatic rings. The van der Waals surface area contributed by atoms with E-state index in [4.69, 9.17) is 4.74 Å². The molecule has 2 aliphatic rings. The second-order valence-electron chi connectivity index (χ2n) is 7.88. The van der Waals surface area contributed by atoms with Gasteiger partial charge >= 0.3 is 15.6 Å². The first-order valence-electron chi connectivity index (χ1n) is 8.14. The van der Waals surface area contributed by atoms with Crippen LogP contribution >= 0.6 is 0 Å². The SMILES string of the molecule is CC(C)(C)O[C@H]1CCC[C@H]2C=C(OS(=O)(=O)C(F)(F)F)CC[C@@]21C. The number of alkyl halides is 3. The molecule has 0 heterocycles. The smallest absolute Gasteiger partial charge is 0.381 e. The number of hydrogen-bond acceptors (Lipinski definition) is 4. The highest BCUT2D eigenvalue weighted by molar-refractivity contribution is 7.87. The molecule has 0 aliphatic heterocycles. The lowest BCUT2D eigenvalue weighted by molar-refractivity contribution is -0.147.